The van der Waals surface area contributed by atoms with Gasteiger partial charge in [0.1, 0.15) is 0 Å². The number of nitrogens with one attached hydrogen (secondary N) is 1. The van der Waals surface area contributed by atoms with E-state index in [2.05, 4.69) is 48.1 Å². The Kier molecular flexibility index (Phi) is 4.07. The second-order valence-corrected chi connectivity index (χ2v) is 10.3. The Morgan fingerprint density at radius 1 is 1.07 bits per heavy atom. The van der Waals surface area contributed by atoms with Crippen LogP contribution in [0.1, 0.15) is 27.7 Å². The van der Waals surface area contributed by atoms with E-state index in [1.54, 1.807) is 10.7 Å². The summed E-state index contributed by atoms with van der Waals surface area (Å²) in [6.07, 6.45) is 1.96. The number of nitrogens with zero attached hydrogens (tertiary/aromatic N) is 6. The van der Waals surface area contributed by atoms with Crippen molar-refractivity contribution in [3.05, 3.63) is 40.8 Å². The lowest BCUT2D eigenvalue weighted by Crippen LogP contribution is -2.67. The average molecular weight is 424 g/mol. The van der Waals surface area contributed by atoms with E-state index in [-0.39, 0.29) is 16.6 Å². The molecule has 1 N–H and O–H groups in total. The summed E-state index contributed by atoms with van der Waals surface area (Å²) in [6, 6.07) is 7.48. The molecule has 1 fully saturated rings. The summed E-state index contributed by atoms with van der Waals surface area (Å²) in [4.78, 5) is 20.4. The molecule has 0 amide bonds. The molecule has 1 saturated heterocycles. The van der Waals surface area contributed by atoms with Crippen molar-refractivity contribution in [2.75, 3.05) is 18.0 Å². The van der Waals surface area contributed by atoms with Gasteiger partial charge in [-0.05, 0) is 39.8 Å². The highest BCUT2D eigenvalue weighted by Gasteiger charge is 2.37. The van der Waals surface area contributed by atoms with E-state index in [0.29, 0.717) is 10.7 Å². The second-order valence-electron chi connectivity index (χ2n) is 9.38. The Morgan fingerprint density at radius 3 is 2.53 bits per heavy atom. The van der Waals surface area contributed by atoms with Gasteiger partial charge >= 0.3 is 0 Å². The highest BCUT2D eigenvalue weighted by molar-refractivity contribution is 7.20. The van der Waals surface area contributed by atoms with Crippen LogP contribution in [0.3, 0.4) is 0 Å². The standard InChI is InChI=1S/C21H25N7OS/c1-20(2)11-27(12-21(3,4)25-20)19-24-28-17(29)9-16(22-18(28)30-19)13-6-7-15-14(8-13)10-26(5)23-15/h6-10,25H,11-12H2,1-5H3. The fourth-order valence-electron chi connectivity index (χ4n) is 4.53. The summed E-state index contributed by atoms with van der Waals surface area (Å²) < 4.78 is 3.19. The van der Waals surface area contributed by atoms with Crippen LogP contribution in [0.5, 0.6) is 0 Å². The third-order valence-electron chi connectivity index (χ3n) is 5.27. The molecule has 9 heteroatoms. The highest BCUT2D eigenvalue weighted by atomic mass is 32.1. The van der Waals surface area contributed by atoms with Crippen LogP contribution in [-0.4, -0.2) is 48.5 Å². The molecule has 1 aromatic carbocycles. The van der Waals surface area contributed by atoms with Crippen LogP contribution < -0.4 is 15.8 Å². The Bertz CT molecular complexity index is 1310. The van der Waals surface area contributed by atoms with Crippen molar-refractivity contribution in [1.29, 1.82) is 0 Å². The third-order valence-corrected chi connectivity index (χ3v) is 6.24. The smallest absolute Gasteiger partial charge is 0.275 e. The number of aryl methyl sites for hydroxylation is 1. The van der Waals surface area contributed by atoms with Crippen LogP contribution in [0.2, 0.25) is 0 Å². The second kappa shape index (κ2) is 6.36. The molecule has 0 aliphatic carbocycles. The quantitative estimate of drug-likeness (QED) is 0.534. The Labute approximate surface area is 178 Å². The fourth-order valence-corrected chi connectivity index (χ4v) is 5.43. The van der Waals surface area contributed by atoms with Crippen LogP contribution >= 0.6 is 11.3 Å². The lowest BCUT2D eigenvalue weighted by molar-refractivity contribution is 0.226. The van der Waals surface area contributed by atoms with Gasteiger partial charge in [0.15, 0.2) is 0 Å². The van der Waals surface area contributed by atoms with Gasteiger partial charge in [-0.15, -0.1) is 5.10 Å². The van der Waals surface area contributed by atoms with Gasteiger partial charge in [-0.2, -0.15) is 9.61 Å². The number of benzene rings is 1. The van der Waals surface area contributed by atoms with Crippen molar-refractivity contribution in [3.63, 3.8) is 0 Å². The minimum Gasteiger partial charge on any atom is -0.343 e. The fraction of sp³-hybridized carbons (Fsp3) is 0.429. The number of rotatable bonds is 2. The van der Waals surface area contributed by atoms with Crippen molar-refractivity contribution in [2.45, 2.75) is 38.8 Å². The summed E-state index contributed by atoms with van der Waals surface area (Å²) in [5.41, 5.74) is 2.20. The maximum absolute atomic E-state index is 12.8. The van der Waals surface area contributed by atoms with Crippen molar-refractivity contribution in [2.24, 2.45) is 7.05 Å². The molecule has 4 aromatic rings. The van der Waals surface area contributed by atoms with E-state index in [1.807, 2.05) is 31.4 Å². The molecule has 0 spiro atoms. The first kappa shape index (κ1) is 19.2. The van der Waals surface area contributed by atoms with E-state index in [9.17, 15) is 4.79 Å². The SMILES string of the molecule is Cn1cc2cc(-c3cc(=O)n4nc(N5CC(C)(C)NC(C)(C)C5)sc4n3)ccc2n1. The lowest BCUT2D eigenvalue weighted by atomic mass is 9.92. The van der Waals surface area contributed by atoms with E-state index < -0.39 is 0 Å². The van der Waals surface area contributed by atoms with Gasteiger partial charge < -0.3 is 10.2 Å². The van der Waals surface area contributed by atoms with Crippen LogP contribution in [0.15, 0.2) is 35.3 Å². The molecule has 0 radical (unpaired) electrons. The van der Waals surface area contributed by atoms with Crippen molar-refractivity contribution >= 4 is 32.3 Å². The number of hydrogen-bond donors (Lipinski definition) is 1. The van der Waals surface area contributed by atoms with Crippen LogP contribution in [-0.2, 0) is 7.05 Å². The molecule has 0 bridgehead atoms. The molecular weight excluding hydrogens is 398 g/mol. The van der Waals surface area contributed by atoms with Gasteiger partial charge in [0.2, 0.25) is 10.1 Å². The number of aromatic nitrogens is 5. The van der Waals surface area contributed by atoms with E-state index in [4.69, 9.17) is 4.98 Å². The maximum atomic E-state index is 12.8. The van der Waals surface area contributed by atoms with Crippen molar-refractivity contribution < 1.29 is 0 Å². The van der Waals surface area contributed by atoms with Gasteiger partial charge in [-0.1, -0.05) is 17.4 Å². The minimum absolute atomic E-state index is 0.0533. The molecule has 8 nitrogen and oxygen atoms in total. The molecule has 1 aliphatic heterocycles. The average Bonchev–Trinajstić information content (AvgIpc) is 3.21. The van der Waals surface area contributed by atoms with Crippen molar-refractivity contribution in [1.82, 2.24) is 29.7 Å². The number of anilines is 1. The maximum Gasteiger partial charge on any atom is 0.275 e. The Hall–Kier alpha value is -2.78. The number of piperazine rings is 1. The minimum atomic E-state index is -0.169. The molecule has 4 heterocycles. The zero-order valence-electron chi connectivity index (χ0n) is 17.8. The number of fused-ring (bicyclic) bond motifs is 2. The molecular formula is C21H25N7OS. The van der Waals surface area contributed by atoms with Gasteiger partial charge in [-0.3, -0.25) is 9.48 Å². The van der Waals surface area contributed by atoms with Gasteiger partial charge in [0.05, 0.1) is 11.2 Å². The molecule has 5 rings (SSSR count). The van der Waals surface area contributed by atoms with E-state index in [0.717, 1.165) is 34.7 Å². The first-order chi connectivity index (χ1) is 14.1. The summed E-state index contributed by atoms with van der Waals surface area (Å²) in [6.45, 7) is 10.4. The van der Waals surface area contributed by atoms with Crippen LogP contribution in [0.25, 0.3) is 27.1 Å². The van der Waals surface area contributed by atoms with Gasteiger partial charge in [0, 0.05) is 54.4 Å². The van der Waals surface area contributed by atoms with Crippen molar-refractivity contribution in [3.8, 4) is 11.3 Å². The summed E-state index contributed by atoms with van der Waals surface area (Å²) in [5, 5.41) is 14.5. The number of hydrogen-bond acceptors (Lipinski definition) is 7. The Balaban J connectivity index is 1.56. The Morgan fingerprint density at radius 2 is 1.80 bits per heavy atom. The molecule has 0 atom stereocenters. The molecule has 3 aromatic heterocycles. The molecule has 0 saturated carbocycles. The predicted molar refractivity (Wildman–Crippen MR) is 120 cm³/mol. The van der Waals surface area contributed by atoms with E-state index >= 15 is 0 Å². The lowest BCUT2D eigenvalue weighted by Gasteiger charge is -2.48. The monoisotopic (exact) mass is 423 g/mol. The molecule has 30 heavy (non-hydrogen) atoms. The largest absolute Gasteiger partial charge is 0.343 e. The van der Waals surface area contributed by atoms with Crippen LogP contribution in [0.4, 0.5) is 5.13 Å². The highest BCUT2D eigenvalue weighted by Crippen LogP contribution is 2.30. The molecule has 156 valence electrons. The topological polar surface area (TPSA) is 80.4 Å². The normalized spacial score (nSPS) is 18.4. The van der Waals surface area contributed by atoms with E-state index in [1.165, 1.54) is 15.9 Å². The van der Waals surface area contributed by atoms with Gasteiger partial charge in [-0.25, -0.2) is 4.98 Å². The van der Waals surface area contributed by atoms with Crippen LogP contribution in [0, 0.1) is 0 Å². The van der Waals surface area contributed by atoms with Gasteiger partial charge in [0.25, 0.3) is 5.56 Å². The molecule has 1 aliphatic rings. The molecule has 0 unspecified atom stereocenters. The predicted octanol–water partition coefficient (Wildman–Crippen LogP) is 2.67. The zero-order valence-corrected chi connectivity index (χ0v) is 18.6. The third kappa shape index (κ3) is 3.37. The first-order valence-electron chi connectivity index (χ1n) is 9.98. The summed E-state index contributed by atoms with van der Waals surface area (Å²) in [7, 11) is 1.90. The first-order valence-corrected chi connectivity index (χ1v) is 10.8. The summed E-state index contributed by atoms with van der Waals surface area (Å²) in [5.74, 6) is 0. The zero-order chi connectivity index (χ0) is 21.3. The summed E-state index contributed by atoms with van der Waals surface area (Å²) >= 11 is 1.46.